The second-order valence-electron chi connectivity index (χ2n) is 4.04. The number of halogens is 1. The monoisotopic (exact) mass is 250 g/mol. The zero-order chi connectivity index (χ0) is 12.4. The fourth-order valence-electron chi connectivity index (χ4n) is 1.93. The smallest absolute Gasteiger partial charge is 0.227 e. The summed E-state index contributed by atoms with van der Waals surface area (Å²) in [6, 6.07) is 6.82. The maximum atomic E-state index is 11.8. The number of aliphatic hydroxyl groups excluding tert-OH is 1. The fourth-order valence-corrected chi connectivity index (χ4v) is 2.15. The Morgan fingerprint density at radius 3 is 2.94 bits per heavy atom. The van der Waals surface area contributed by atoms with Crippen LogP contribution in [-0.2, 0) is 4.79 Å². The quantitative estimate of drug-likeness (QED) is 0.866. The van der Waals surface area contributed by atoms with Gasteiger partial charge in [-0.25, -0.2) is 0 Å². The van der Waals surface area contributed by atoms with Crippen molar-refractivity contribution in [3.8, 4) is 6.07 Å². The molecule has 1 atom stereocenters. The molecule has 1 unspecified atom stereocenters. The highest BCUT2D eigenvalue weighted by molar-refractivity contribution is 6.33. The van der Waals surface area contributed by atoms with Crippen LogP contribution in [0.3, 0.4) is 0 Å². The van der Waals surface area contributed by atoms with Crippen LogP contribution in [0.2, 0.25) is 5.02 Å². The number of carbonyl (C=O) groups excluding carboxylic acids is 1. The van der Waals surface area contributed by atoms with E-state index < -0.39 is 0 Å². The van der Waals surface area contributed by atoms with Crippen LogP contribution in [-0.4, -0.2) is 24.2 Å². The van der Waals surface area contributed by atoms with Gasteiger partial charge in [-0.15, -0.1) is 0 Å². The molecule has 1 fully saturated rings. The number of hydrogen-bond acceptors (Lipinski definition) is 3. The number of anilines is 1. The van der Waals surface area contributed by atoms with Crippen LogP contribution in [0.1, 0.15) is 12.0 Å². The summed E-state index contributed by atoms with van der Waals surface area (Å²) in [5, 5.41) is 18.3. The first-order chi connectivity index (χ1) is 8.15. The molecule has 4 nitrogen and oxygen atoms in total. The number of benzene rings is 1. The molecule has 5 heteroatoms. The Labute approximate surface area is 104 Å². The second kappa shape index (κ2) is 4.74. The van der Waals surface area contributed by atoms with Gasteiger partial charge < -0.3 is 10.0 Å². The predicted molar refractivity (Wildman–Crippen MR) is 63.7 cm³/mol. The summed E-state index contributed by atoms with van der Waals surface area (Å²) in [6.07, 6.45) is 0.323. The largest absolute Gasteiger partial charge is 0.396 e. The van der Waals surface area contributed by atoms with Crippen LogP contribution in [0.15, 0.2) is 18.2 Å². The summed E-state index contributed by atoms with van der Waals surface area (Å²) < 4.78 is 0. The fraction of sp³-hybridized carbons (Fsp3) is 0.333. The van der Waals surface area contributed by atoms with Crippen LogP contribution in [0, 0.1) is 17.2 Å². The predicted octanol–water partition coefficient (Wildman–Crippen LogP) is 1.56. The molecule has 2 rings (SSSR count). The number of amides is 1. The summed E-state index contributed by atoms with van der Waals surface area (Å²) in [4.78, 5) is 13.3. The first-order valence-corrected chi connectivity index (χ1v) is 5.64. The van der Waals surface area contributed by atoms with Gasteiger partial charge >= 0.3 is 0 Å². The standard InChI is InChI=1S/C12H11ClN2O2/c13-10-2-1-8(5-14)3-11(10)15-6-9(7-16)4-12(15)17/h1-3,9,16H,4,6-7H2. The number of hydrogen-bond donors (Lipinski definition) is 1. The van der Waals surface area contributed by atoms with Gasteiger partial charge in [0.1, 0.15) is 0 Å². The maximum Gasteiger partial charge on any atom is 0.227 e. The third kappa shape index (κ3) is 2.26. The summed E-state index contributed by atoms with van der Waals surface area (Å²) >= 11 is 6.02. The van der Waals surface area contributed by atoms with Gasteiger partial charge in [0.15, 0.2) is 0 Å². The molecule has 1 N–H and O–H groups in total. The van der Waals surface area contributed by atoms with Crippen molar-refractivity contribution in [1.82, 2.24) is 0 Å². The Kier molecular flexibility index (Phi) is 3.32. The molecule has 0 aromatic heterocycles. The molecule has 1 amide bonds. The van der Waals surface area contributed by atoms with E-state index in [1.165, 1.54) is 4.90 Å². The van der Waals surface area contributed by atoms with Gasteiger partial charge in [0.2, 0.25) is 5.91 Å². The zero-order valence-corrected chi connectivity index (χ0v) is 9.81. The van der Waals surface area contributed by atoms with Crippen molar-refractivity contribution >= 4 is 23.2 Å². The van der Waals surface area contributed by atoms with E-state index >= 15 is 0 Å². The van der Waals surface area contributed by atoms with Crippen molar-refractivity contribution in [3.63, 3.8) is 0 Å². The molecule has 0 aliphatic carbocycles. The van der Waals surface area contributed by atoms with Crippen LogP contribution >= 0.6 is 11.6 Å². The van der Waals surface area contributed by atoms with Gasteiger partial charge in [0.25, 0.3) is 0 Å². The molecule has 1 heterocycles. The van der Waals surface area contributed by atoms with E-state index in [1.54, 1.807) is 18.2 Å². The number of carbonyl (C=O) groups is 1. The van der Waals surface area contributed by atoms with Gasteiger partial charge in [0, 0.05) is 25.5 Å². The third-order valence-corrected chi connectivity index (χ3v) is 3.15. The molecule has 0 radical (unpaired) electrons. The van der Waals surface area contributed by atoms with Gasteiger partial charge in [-0.1, -0.05) is 11.6 Å². The number of rotatable bonds is 2. The Morgan fingerprint density at radius 1 is 1.59 bits per heavy atom. The van der Waals surface area contributed by atoms with Crippen molar-refractivity contribution in [2.75, 3.05) is 18.1 Å². The molecule has 0 saturated carbocycles. The highest BCUT2D eigenvalue weighted by atomic mass is 35.5. The Hall–Kier alpha value is -1.57. The first kappa shape index (κ1) is 11.9. The lowest BCUT2D eigenvalue weighted by molar-refractivity contribution is -0.117. The second-order valence-corrected chi connectivity index (χ2v) is 4.44. The van der Waals surface area contributed by atoms with Crippen molar-refractivity contribution in [3.05, 3.63) is 28.8 Å². The van der Waals surface area contributed by atoms with Crippen LogP contribution in [0.5, 0.6) is 0 Å². The summed E-state index contributed by atoms with van der Waals surface area (Å²) in [5.74, 6) is -0.120. The van der Waals surface area contributed by atoms with E-state index in [-0.39, 0.29) is 18.4 Å². The normalized spacial score (nSPS) is 19.5. The molecule has 1 saturated heterocycles. The van der Waals surface area contributed by atoms with E-state index in [0.717, 1.165) is 0 Å². The van der Waals surface area contributed by atoms with E-state index in [4.69, 9.17) is 22.0 Å². The summed E-state index contributed by atoms with van der Waals surface area (Å²) in [6.45, 7) is 0.432. The lowest BCUT2D eigenvalue weighted by Gasteiger charge is -2.18. The lowest BCUT2D eigenvalue weighted by Crippen LogP contribution is -2.25. The third-order valence-electron chi connectivity index (χ3n) is 2.83. The number of nitriles is 1. The van der Waals surface area contributed by atoms with Crippen molar-refractivity contribution in [2.24, 2.45) is 5.92 Å². The van der Waals surface area contributed by atoms with Crippen molar-refractivity contribution in [2.45, 2.75) is 6.42 Å². The van der Waals surface area contributed by atoms with E-state index in [9.17, 15) is 4.79 Å². The number of nitrogens with zero attached hydrogens (tertiary/aromatic N) is 2. The molecule has 1 aromatic rings. The highest BCUT2D eigenvalue weighted by Crippen LogP contribution is 2.31. The average Bonchev–Trinajstić information content (AvgIpc) is 2.71. The Morgan fingerprint density at radius 2 is 2.35 bits per heavy atom. The molecule has 0 spiro atoms. The maximum absolute atomic E-state index is 11.8. The zero-order valence-electron chi connectivity index (χ0n) is 9.06. The summed E-state index contributed by atoms with van der Waals surface area (Å²) in [7, 11) is 0. The van der Waals surface area contributed by atoms with Gasteiger partial charge in [-0.05, 0) is 18.2 Å². The number of aliphatic hydroxyl groups is 1. The summed E-state index contributed by atoms with van der Waals surface area (Å²) in [5.41, 5.74) is 1.01. The molecule has 1 aliphatic heterocycles. The molecule has 17 heavy (non-hydrogen) atoms. The van der Waals surface area contributed by atoms with Gasteiger partial charge in [-0.3, -0.25) is 4.79 Å². The SMILES string of the molecule is N#Cc1ccc(Cl)c(N2CC(CO)CC2=O)c1. The van der Waals surface area contributed by atoms with Crippen LogP contribution in [0.25, 0.3) is 0 Å². The molecular weight excluding hydrogens is 240 g/mol. The molecule has 1 aromatic carbocycles. The highest BCUT2D eigenvalue weighted by Gasteiger charge is 2.31. The lowest BCUT2D eigenvalue weighted by atomic mass is 10.1. The molecule has 1 aliphatic rings. The van der Waals surface area contributed by atoms with E-state index in [1.807, 2.05) is 6.07 Å². The molecule has 88 valence electrons. The van der Waals surface area contributed by atoms with Gasteiger partial charge in [0.05, 0.1) is 22.3 Å². The van der Waals surface area contributed by atoms with Crippen molar-refractivity contribution in [1.29, 1.82) is 5.26 Å². The minimum absolute atomic E-state index is 0.0161. The molecular formula is C12H11ClN2O2. The van der Waals surface area contributed by atoms with E-state index in [0.29, 0.717) is 29.2 Å². The molecule has 0 bridgehead atoms. The van der Waals surface area contributed by atoms with Crippen molar-refractivity contribution < 1.29 is 9.90 Å². The van der Waals surface area contributed by atoms with E-state index in [2.05, 4.69) is 0 Å². The Bertz CT molecular complexity index is 496. The van der Waals surface area contributed by atoms with Crippen LogP contribution in [0.4, 0.5) is 5.69 Å². The first-order valence-electron chi connectivity index (χ1n) is 5.26. The minimum atomic E-state index is -0.0685. The topological polar surface area (TPSA) is 64.3 Å². The van der Waals surface area contributed by atoms with Gasteiger partial charge in [-0.2, -0.15) is 5.26 Å². The van der Waals surface area contributed by atoms with Crippen LogP contribution < -0.4 is 4.90 Å². The Balaban J connectivity index is 2.34. The average molecular weight is 251 g/mol. The minimum Gasteiger partial charge on any atom is -0.396 e.